The van der Waals surface area contributed by atoms with Crippen molar-refractivity contribution in [1.29, 1.82) is 0 Å². The molecule has 62 valence electrons. The molecule has 0 saturated heterocycles. The zero-order chi connectivity index (χ0) is 7.98. The zero-order valence-electron chi connectivity index (χ0n) is 7.22. The predicted octanol–water partition coefficient (Wildman–Crippen LogP) is 1.94. The van der Waals surface area contributed by atoms with Crippen LogP contribution in [-0.2, 0) is 0 Å². The van der Waals surface area contributed by atoms with E-state index in [1.807, 2.05) is 7.05 Å². The number of nitrogens with one attached hydrogen (secondary N) is 1. The second-order valence-corrected chi connectivity index (χ2v) is 3.97. The Morgan fingerprint density at radius 3 is 2.30 bits per heavy atom. The van der Waals surface area contributed by atoms with Crippen LogP contribution in [0.15, 0.2) is 0 Å². The molecule has 0 heterocycles. The highest BCUT2D eigenvalue weighted by Gasteiger charge is 2.01. The van der Waals surface area contributed by atoms with Gasteiger partial charge < -0.3 is 5.32 Å². The number of hydrogen-bond donors (Lipinski definition) is 2. The summed E-state index contributed by atoms with van der Waals surface area (Å²) in [6.45, 7) is 5.54. The van der Waals surface area contributed by atoms with E-state index in [0.29, 0.717) is 5.25 Å². The van der Waals surface area contributed by atoms with Crippen LogP contribution in [0.3, 0.4) is 0 Å². The van der Waals surface area contributed by atoms with Crippen molar-refractivity contribution >= 4 is 12.6 Å². The summed E-state index contributed by atoms with van der Waals surface area (Å²) in [5.74, 6) is 0.791. The first kappa shape index (κ1) is 10.3. The maximum atomic E-state index is 4.32. The van der Waals surface area contributed by atoms with Crippen LogP contribution in [0.4, 0.5) is 0 Å². The predicted molar refractivity (Wildman–Crippen MR) is 50.8 cm³/mol. The van der Waals surface area contributed by atoms with Crippen LogP contribution in [-0.4, -0.2) is 18.8 Å². The van der Waals surface area contributed by atoms with Gasteiger partial charge in [0.25, 0.3) is 0 Å². The van der Waals surface area contributed by atoms with E-state index in [0.717, 1.165) is 12.5 Å². The van der Waals surface area contributed by atoms with Crippen LogP contribution >= 0.6 is 12.6 Å². The van der Waals surface area contributed by atoms with Crippen LogP contribution in [0.2, 0.25) is 0 Å². The lowest BCUT2D eigenvalue weighted by molar-refractivity contribution is 0.487. The van der Waals surface area contributed by atoms with Gasteiger partial charge in [0.2, 0.25) is 0 Å². The van der Waals surface area contributed by atoms with Gasteiger partial charge in [0.1, 0.15) is 0 Å². The fourth-order valence-electron chi connectivity index (χ4n) is 0.976. The minimum absolute atomic E-state index is 0.555. The molecule has 0 radical (unpaired) electrons. The first-order chi connectivity index (χ1) is 4.66. The highest BCUT2D eigenvalue weighted by atomic mass is 32.1. The maximum absolute atomic E-state index is 4.32. The second-order valence-electron chi connectivity index (χ2n) is 3.09. The molecule has 0 saturated carbocycles. The molecular weight excluding hydrogens is 142 g/mol. The van der Waals surface area contributed by atoms with Gasteiger partial charge in [-0.3, -0.25) is 0 Å². The van der Waals surface area contributed by atoms with Crippen LogP contribution in [0.25, 0.3) is 0 Å². The maximum Gasteiger partial charge on any atom is -0.00115 e. The summed E-state index contributed by atoms with van der Waals surface area (Å²) in [6, 6.07) is 0. The molecule has 0 rings (SSSR count). The molecule has 0 amide bonds. The van der Waals surface area contributed by atoms with E-state index in [-0.39, 0.29) is 0 Å². The topological polar surface area (TPSA) is 12.0 Å². The summed E-state index contributed by atoms with van der Waals surface area (Å²) in [5.41, 5.74) is 0. The minimum atomic E-state index is 0.555. The number of rotatable bonds is 5. The lowest BCUT2D eigenvalue weighted by Crippen LogP contribution is -2.16. The van der Waals surface area contributed by atoms with Crippen molar-refractivity contribution in [1.82, 2.24) is 5.32 Å². The third-order valence-corrected chi connectivity index (χ3v) is 1.89. The molecule has 0 aliphatic heterocycles. The summed E-state index contributed by atoms with van der Waals surface area (Å²) in [7, 11) is 2.00. The Balaban J connectivity index is 3.12. The smallest absolute Gasteiger partial charge is 0.00115 e. The van der Waals surface area contributed by atoms with Gasteiger partial charge in [-0.25, -0.2) is 0 Å². The summed E-state index contributed by atoms with van der Waals surface area (Å²) in [4.78, 5) is 0. The minimum Gasteiger partial charge on any atom is -0.319 e. The molecule has 0 aromatic rings. The molecule has 0 bridgehead atoms. The van der Waals surface area contributed by atoms with Gasteiger partial charge in [-0.05, 0) is 37.6 Å². The Morgan fingerprint density at radius 1 is 1.30 bits per heavy atom. The van der Waals surface area contributed by atoms with E-state index in [1.165, 1.54) is 12.8 Å². The third-order valence-electron chi connectivity index (χ3n) is 1.63. The summed E-state index contributed by atoms with van der Waals surface area (Å²) >= 11 is 4.32. The van der Waals surface area contributed by atoms with Crippen LogP contribution < -0.4 is 5.32 Å². The molecule has 0 aromatic heterocycles. The third kappa shape index (κ3) is 6.43. The van der Waals surface area contributed by atoms with Crippen molar-refractivity contribution in [2.75, 3.05) is 13.6 Å². The van der Waals surface area contributed by atoms with E-state index >= 15 is 0 Å². The fraction of sp³-hybridized carbons (Fsp3) is 1.00. The standard InChI is InChI=1S/C8H19NS/c1-7(6-9-3)4-5-8(2)10/h7-10H,4-6H2,1-3H3. The molecule has 10 heavy (non-hydrogen) atoms. The van der Waals surface area contributed by atoms with Gasteiger partial charge in [-0.15, -0.1) is 0 Å². The highest BCUT2D eigenvalue weighted by Crippen LogP contribution is 2.09. The SMILES string of the molecule is CNCC(C)CCC(C)S. The molecule has 0 fully saturated rings. The molecule has 2 atom stereocenters. The summed E-state index contributed by atoms with van der Waals surface area (Å²) in [6.07, 6.45) is 2.51. The average Bonchev–Trinajstić information content (AvgIpc) is 1.85. The van der Waals surface area contributed by atoms with Crippen molar-refractivity contribution in [2.24, 2.45) is 5.92 Å². The van der Waals surface area contributed by atoms with Gasteiger partial charge in [-0.1, -0.05) is 13.8 Å². The Hall–Kier alpha value is 0.310. The van der Waals surface area contributed by atoms with Crippen molar-refractivity contribution < 1.29 is 0 Å². The van der Waals surface area contributed by atoms with Crippen LogP contribution in [0, 0.1) is 5.92 Å². The number of thiol groups is 1. The zero-order valence-corrected chi connectivity index (χ0v) is 8.12. The molecular formula is C8H19NS. The first-order valence-electron chi connectivity index (χ1n) is 3.99. The molecule has 0 aliphatic carbocycles. The highest BCUT2D eigenvalue weighted by molar-refractivity contribution is 7.80. The summed E-state index contributed by atoms with van der Waals surface area (Å²) in [5, 5.41) is 3.72. The van der Waals surface area contributed by atoms with E-state index in [2.05, 4.69) is 31.8 Å². The molecule has 0 aromatic carbocycles. The Labute approximate surface area is 70.0 Å². The molecule has 2 heteroatoms. The van der Waals surface area contributed by atoms with E-state index < -0.39 is 0 Å². The van der Waals surface area contributed by atoms with E-state index in [9.17, 15) is 0 Å². The quantitative estimate of drug-likeness (QED) is 0.587. The van der Waals surface area contributed by atoms with E-state index in [1.54, 1.807) is 0 Å². The lowest BCUT2D eigenvalue weighted by atomic mass is 10.0. The second kappa shape index (κ2) is 6.05. The van der Waals surface area contributed by atoms with Gasteiger partial charge in [0, 0.05) is 0 Å². The van der Waals surface area contributed by atoms with Crippen LogP contribution in [0.1, 0.15) is 26.7 Å². The van der Waals surface area contributed by atoms with Gasteiger partial charge in [0.15, 0.2) is 0 Å². The molecule has 1 nitrogen and oxygen atoms in total. The lowest BCUT2D eigenvalue weighted by Gasteiger charge is -2.11. The Morgan fingerprint density at radius 2 is 1.90 bits per heavy atom. The molecule has 1 N–H and O–H groups in total. The van der Waals surface area contributed by atoms with E-state index in [4.69, 9.17) is 0 Å². The normalized spacial score (nSPS) is 16.8. The number of hydrogen-bond acceptors (Lipinski definition) is 2. The van der Waals surface area contributed by atoms with Crippen molar-refractivity contribution in [3.63, 3.8) is 0 Å². The van der Waals surface area contributed by atoms with Crippen molar-refractivity contribution in [3.8, 4) is 0 Å². The fourth-order valence-corrected chi connectivity index (χ4v) is 1.13. The van der Waals surface area contributed by atoms with Crippen molar-refractivity contribution in [3.05, 3.63) is 0 Å². The molecule has 0 aliphatic rings. The van der Waals surface area contributed by atoms with Gasteiger partial charge >= 0.3 is 0 Å². The largest absolute Gasteiger partial charge is 0.319 e. The van der Waals surface area contributed by atoms with Gasteiger partial charge in [-0.2, -0.15) is 12.6 Å². The average molecular weight is 161 g/mol. The Bertz CT molecular complexity index is 73.7. The molecule has 2 unspecified atom stereocenters. The summed E-state index contributed by atoms with van der Waals surface area (Å²) < 4.78 is 0. The first-order valence-corrected chi connectivity index (χ1v) is 4.51. The van der Waals surface area contributed by atoms with Gasteiger partial charge in [0.05, 0.1) is 0 Å². The van der Waals surface area contributed by atoms with Crippen molar-refractivity contribution in [2.45, 2.75) is 31.9 Å². The Kier molecular flexibility index (Phi) is 6.24. The van der Waals surface area contributed by atoms with Crippen LogP contribution in [0.5, 0.6) is 0 Å². The molecule has 0 spiro atoms. The monoisotopic (exact) mass is 161 g/mol.